The Labute approximate surface area is 207 Å². The summed E-state index contributed by atoms with van der Waals surface area (Å²) in [5.41, 5.74) is 3.90. The molecule has 0 amide bonds. The van der Waals surface area contributed by atoms with E-state index in [1.807, 2.05) is 62.4 Å². The number of carbonyl (C=O) groups is 1. The molecule has 5 rings (SSSR count). The summed E-state index contributed by atoms with van der Waals surface area (Å²) in [7, 11) is 0. The first-order valence-electron chi connectivity index (χ1n) is 11.3. The predicted octanol–water partition coefficient (Wildman–Crippen LogP) is 5.92. The third-order valence-corrected chi connectivity index (χ3v) is 6.08. The van der Waals surface area contributed by atoms with E-state index in [0.29, 0.717) is 35.2 Å². The van der Waals surface area contributed by atoms with E-state index in [9.17, 15) is 4.79 Å². The van der Waals surface area contributed by atoms with Gasteiger partial charge in [0.1, 0.15) is 11.4 Å². The number of carbonyl (C=O) groups excluding carboxylic acids is 1. The van der Waals surface area contributed by atoms with Gasteiger partial charge in [-0.25, -0.2) is 0 Å². The van der Waals surface area contributed by atoms with E-state index in [1.54, 1.807) is 18.3 Å². The fourth-order valence-electron chi connectivity index (χ4n) is 4.24. The Hall–Kier alpha value is -3.97. The van der Waals surface area contributed by atoms with Gasteiger partial charge in [-0.2, -0.15) is 0 Å². The van der Waals surface area contributed by atoms with E-state index in [-0.39, 0.29) is 17.6 Å². The first kappa shape index (κ1) is 22.8. The second-order valence-electron chi connectivity index (χ2n) is 8.06. The van der Waals surface area contributed by atoms with Crippen LogP contribution < -0.4 is 4.74 Å². The number of fused-ring (bicyclic) bond motifs is 1. The third kappa shape index (κ3) is 4.55. The molecule has 0 saturated carbocycles. The molecule has 3 aromatic heterocycles. The summed E-state index contributed by atoms with van der Waals surface area (Å²) >= 11 is 6.17. The molecule has 0 unspecified atom stereocenters. The smallest absolute Gasteiger partial charge is 0.289 e. The lowest BCUT2D eigenvalue weighted by atomic mass is 10.1. The molecule has 35 heavy (non-hydrogen) atoms. The van der Waals surface area contributed by atoms with Gasteiger partial charge in [0.05, 0.1) is 12.2 Å². The Bertz CT molecular complexity index is 1510. The second-order valence-corrected chi connectivity index (χ2v) is 8.50. The molecule has 7 nitrogen and oxygen atoms in total. The first-order valence-corrected chi connectivity index (χ1v) is 11.7. The van der Waals surface area contributed by atoms with Gasteiger partial charge in [0, 0.05) is 34.4 Å². The van der Waals surface area contributed by atoms with Crippen molar-refractivity contribution in [2.75, 3.05) is 6.61 Å². The van der Waals surface area contributed by atoms with Gasteiger partial charge in [-0.15, -0.1) is 10.2 Å². The predicted molar refractivity (Wildman–Crippen MR) is 134 cm³/mol. The van der Waals surface area contributed by atoms with Crippen molar-refractivity contribution in [1.29, 1.82) is 0 Å². The first-order chi connectivity index (χ1) is 17.0. The Morgan fingerprint density at radius 3 is 2.74 bits per heavy atom. The number of hydrogen-bond acceptors (Lipinski definition) is 6. The van der Waals surface area contributed by atoms with Crippen LogP contribution in [0.25, 0.3) is 22.5 Å². The fraction of sp³-hybridized carbons (Fsp3) is 0.185. The summed E-state index contributed by atoms with van der Waals surface area (Å²) in [6.45, 7) is 5.06. The lowest BCUT2D eigenvalue weighted by Crippen LogP contribution is -2.07. The average Bonchev–Trinajstić information content (AvgIpc) is 3.46. The Kier molecular flexibility index (Phi) is 6.33. The molecule has 0 saturated heterocycles. The van der Waals surface area contributed by atoms with Gasteiger partial charge in [0.25, 0.3) is 17.6 Å². The third-order valence-electron chi connectivity index (χ3n) is 5.85. The van der Waals surface area contributed by atoms with Crippen LogP contribution in [-0.4, -0.2) is 32.1 Å². The van der Waals surface area contributed by atoms with Gasteiger partial charge in [0.2, 0.25) is 0 Å². The number of pyridine rings is 1. The minimum atomic E-state index is -0.336. The molecule has 0 aliphatic rings. The number of halogens is 1. The van der Waals surface area contributed by atoms with Crippen molar-refractivity contribution in [2.24, 2.45) is 0 Å². The number of ether oxygens (including phenoxy) is 1. The van der Waals surface area contributed by atoms with Gasteiger partial charge in [-0.1, -0.05) is 29.8 Å². The van der Waals surface area contributed by atoms with Crippen molar-refractivity contribution in [1.82, 2.24) is 19.7 Å². The monoisotopic (exact) mass is 486 g/mol. The van der Waals surface area contributed by atoms with Crippen LogP contribution in [0.15, 0.2) is 71.3 Å². The van der Waals surface area contributed by atoms with Gasteiger partial charge in [-0.05, 0) is 68.3 Å². The summed E-state index contributed by atoms with van der Waals surface area (Å²) in [5.74, 6) is 0.480. The molecule has 0 radical (unpaired) electrons. The number of hydrogen-bond donors (Lipinski definition) is 0. The maximum Gasteiger partial charge on any atom is 0.289 e. The van der Waals surface area contributed by atoms with E-state index < -0.39 is 0 Å². The van der Waals surface area contributed by atoms with E-state index in [4.69, 9.17) is 20.8 Å². The molecule has 2 aromatic carbocycles. The molecule has 0 aliphatic heterocycles. The summed E-state index contributed by atoms with van der Waals surface area (Å²) in [5, 5.41) is 9.55. The highest BCUT2D eigenvalue weighted by atomic mass is 35.5. The largest absolute Gasteiger partial charge is 0.494 e. The van der Waals surface area contributed by atoms with Crippen molar-refractivity contribution in [3.8, 4) is 17.3 Å². The highest BCUT2D eigenvalue weighted by Crippen LogP contribution is 2.32. The zero-order chi connectivity index (χ0) is 24.4. The highest BCUT2D eigenvalue weighted by Gasteiger charge is 2.26. The molecular formula is C27H23ClN4O3. The van der Waals surface area contributed by atoms with E-state index >= 15 is 0 Å². The van der Waals surface area contributed by atoms with Gasteiger partial charge < -0.3 is 13.7 Å². The minimum Gasteiger partial charge on any atom is -0.494 e. The zero-order valence-corrected chi connectivity index (χ0v) is 20.1. The molecule has 0 fully saturated rings. The topological polar surface area (TPSA) is 83.0 Å². The standard InChI is InChI=1S/C27H23ClN4O3/c1-3-34-20-10-11-23-21(16-20)24(17(2)32(23)14-12-18-7-6-8-19(28)15-18)25(33)27-31-30-26(35-27)22-9-4-5-13-29-22/h4-11,13,15-16H,3,12,14H2,1-2H3. The minimum absolute atomic E-state index is 0.0792. The molecule has 5 aromatic rings. The Morgan fingerprint density at radius 2 is 1.97 bits per heavy atom. The maximum atomic E-state index is 13.6. The normalized spacial score (nSPS) is 11.2. The average molecular weight is 487 g/mol. The lowest BCUT2D eigenvalue weighted by molar-refractivity contribution is 0.100. The number of aromatic nitrogens is 4. The second kappa shape index (κ2) is 9.72. The van der Waals surface area contributed by atoms with E-state index in [0.717, 1.165) is 28.6 Å². The number of rotatable bonds is 8. The number of nitrogens with zero attached hydrogens (tertiary/aromatic N) is 4. The molecule has 0 spiro atoms. The van der Waals surface area contributed by atoms with Crippen molar-refractivity contribution in [3.05, 3.63) is 94.6 Å². The number of aryl methyl sites for hydroxylation is 2. The molecule has 0 N–H and O–H groups in total. The molecule has 176 valence electrons. The molecular weight excluding hydrogens is 464 g/mol. The maximum absolute atomic E-state index is 13.6. The summed E-state index contributed by atoms with van der Waals surface area (Å²) in [6.07, 6.45) is 2.39. The van der Waals surface area contributed by atoms with Crippen molar-refractivity contribution in [3.63, 3.8) is 0 Å². The van der Waals surface area contributed by atoms with Crippen LogP contribution in [0.1, 0.15) is 34.4 Å². The Balaban J connectivity index is 1.56. The summed E-state index contributed by atoms with van der Waals surface area (Å²) in [4.78, 5) is 17.9. The number of ketones is 1. The van der Waals surface area contributed by atoms with Crippen LogP contribution in [0.4, 0.5) is 0 Å². The zero-order valence-electron chi connectivity index (χ0n) is 19.4. The van der Waals surface area contributed by atoms with Gasteiger partial charge in [0.15, 0.2) is 0 Å². The number of benzene rings is 2. The summed E-state index contributed by atoms with van der Waals surface area (Å²) < 4.78 is 13.6. The quantitative estimate of drug-likeness (QED) is 0.253. The highest BCUT2D eigenvalue weighted by molar-refractivity contribution is 6.30. The molecule has 0 bridgehead atoms. The van der Waals surface area contributed by atoms with Gasteiger partial charge >= 0.3 is 0 Å². The molecule has 0 atom stereocenters. The van der Waals surface area contributed by atoms with Crippen molar-refractivity contribution in [2.45, 2.75) is 26.8 Å². The van der Waals surface area contributed by atoms with E-state index in [1.165, 1.54) is 0 Å². The van der Waals surface area contributed by atoms with Crippen molar-refractivity contribution < 1.29 is 13.9 Å². The fourth-order valence-corrected chi connectivity index (χ4v) is 4.45. The summed E-state index contributed by atoms with van der Waals surface area (Å²) in [6, 6.07) is 19.0. The molecule has 8 heteroatoms. The van der Waals surface area contributed by atoms with Crippen LogP contribution in [0.3, 0.4) is 0 Å². The van der Waals surface area contributed by atoms with Gasteiger partial charge in [-0.3, -0.25) is 9.78 Å². The van der Waals surface area contributed by atoms with E-state index in [2.05, 4.69) is 19.7 Å². The SMILES string of the molecule is CCOc1ccc2c(c1)c(C(=O)c1nnc(-c3ccccn3)o1)c(C)n2CCc1cccc(Cl)c1. The van der Waals surface area contributed by atoms with Crippen LogP contribution in [0.5, 0.6) is 5.75 Å². The van der Waals surface area contributed by atoms with Crippen LogP contribution in [-0.2, 0) is 13.0 Å². The van der Waals surface area contributed by atoms with Crippen molar-refractivity contribution >= 4 is 28.3 Å². The lowest BCUT2D eigenvalue weighted by Gasteiger charge is -2.09. The molecule has 0 aliphatic carbocycles. The molecule has 3 heterocycles. The van der Waals surface area contributed by atoms with Crippen LogP contribution >= 0.6 is 11.6 Å². The van der Waals surface area contributed by atoms with Crippen LogP contribution in [0.2, 0.25) is 5.02 Å². The Morgan fingerprint density at radius 1 is 1.09 bits per heavy atom. The van der Waals surface area contributed by atoms with Crippen LogP contribution in [0, 0.1) is 6.92 Å².